The Balaban J connectivity index is 1.70. The molecule has 30 heavy (non-hydrogen) atoms. The average molecular weight is 411 g/mol. The molecule has 3 rings (SSSR count). The van der Waals surface area contributed by atoms with Crippen LogP contribution in [0.25, 0.3) is 0 Å². The van der Waals surface area contributed by atoms with E-state index in [2.05, 4.69) is 81.9 Å². The van der Waals surface area contributed by atoms with Gasteiger partial charge < -0.3 is 13.7 Å². The van der Waals surface area contributed by atoms with Crippen LogP contribution in [0.5, 0.6) is 0 Å². The second kappa shape index (κ2) is 8.78. The first-order chi connectivity index (χ1) is 14.1. The van der Waals surface area contributed by atoms with Crippen molar-refractivity contribution in [2.75, 3.05) is 0 Å². The fourth-order valence-corrected chi connectivity index (χ4v) is 4.46. The van der Waals surface area contributed by atoms with E-state index in [1.54, 1.807) is 0 Å². The predicted octanol–water partition coefficient (Wildman–Crippen LogP) is 4.71. The molecule has 0 saturated heterocycles. The summed E-state index contributed by atoms with van der Waals surface area (Å²) in [5, 5.41) is 0. The number of imidazole rings is 3. The van der Waals surface area contributed by atoms with Crippen molar-refractivity contribution < 1.29 is 0 Å². The second-order valence-electron chi connectivity index (χ2n) is 9.31. The van der Waals surface area contributed by atoms with Gasteiger partial charge in [0.25, 0.3) is 0 Å². The minimum absolute atomic E-state index is 0.337. The zero-order chi connectivity index (χ0) is 22.2. The molecule has 3 heterocycles. The summed E-state index contributed by atoms with van der Waals surface area (Å²) in [7, 11) is 6.31. The van der Waals surface area contributed by atoms with Crippen LogP contribution in [0.3, 0.4) is 0 Å². The molecule has 0 aliphatic heterocycles. The SMILES string of the molecule is Cc1cn(C)c(C(C)Cc2nc(C(C)CCc3cn(C)c(C(C)C)n3)n(C)c2C)n1. The number of aryl methyl sites for hydroxylation is 4. The lowest BCUT2D eigenvalue weighted by atomic mass is 10.0. The van der Waals surface area contributed by atoms with Crippen molar-refractivity contribution in [3.8, 4) is 0 Å². The van der Waals surface area contributed by atoms with Gasteiger partial charge in [0, 0.05) is 63.4 Å². The summed E-state index contributed by atoms with van der Waals surface area (Å²) in [5.74, 6) is 4.63. The third-order valence-electron chi connectivity index (χ3n) is 6.24. The third kappa shape index (κ3) is 4.52. The van der Waals surface area contributed by atoms with E-state index < -0.39 is 0 Å². The van der Waals surface area contributed by atoms with E-state index in [1.165, 1.54) is 22.9 Å². The van der Waals surface area contributed by atoms with Gasteiger partial charge in [0.05, 0.1) is 17.1 Å². The fourth-order valence-electron chi connectivity index (χ4n) is 4.46. The predicted molar refractivity (Wildman–Crippen MR) is 122 cm³/mol. The first-order valence-electron chi connectivity index (χ1n) is 11.1. The second-order valence-corrected chi connectivity index (χ2v) is 9.31. The van der Waals surface area contributed by atoms with Crippen LogP contribution in [-0.4, -0.2) is 28.7 Å². The van der Waals surface area contributed by atoms with E-state index in [0.29, 0.717) is 17.8 Å². The van der Waals surface area contributed by atoms with Gasteiger partial charge in [-0.1, -0.05) is 27.7 Å². The number of hydrogen-bond acceptors (Lipinski definition) is 3. The molecular formula is C24H38N6. The lowest BCUT2D eigenvalue weighted by Crippen LogP contribution is -2.07. The van der Waals surface area contributed by atoms with Gasteiger partial charge in [-0.3, -0.25) is 0 Å². The van der Waals surface area contributed by atoms with Crippen molar-refractivity contribution in [3.63, 3.8) is 0 Å². The molecule has 0 radical (unpaired) electrons. The zero-order valence-electron chi connectivity index (χ0n) is 20.2. The summed E-state index contributed by atoms with van der Waals surface area (Å²) in [5.41, 5.74) is 4.70. The summed E-state index contributed by atoms with van der Waals surface area (Å²) in [6.07, 6.45) is 7.20. The van der Waals surface area contributed by atoms with E-state index in [-0.39, 0.29) is 0 Å². The summed E-state index contributed by atoms with van der Waals surface area (Å²) < 4.78 is 6.57. The molecule has 0 aliphatic carbocycles. The van der Waals surface area contributed by atoms with Crippen LogP contribution in [0.1, 0.15) is 92.1 Å². The van der Waals surface area contributed by atoms with E-state index >= 15 is 0 Å². The third-order valence-corrected chi connectivity index (χ3v) is 6.24. The molecule has 6 nitrogen and oxygen atoms in total. The molecule has 6 heteroatoms. The van der Waals surface area contributed by atoms with Crippen LogP contribution in [-0.2, 0) is 34.0 Å². The Morgan fingerprint density at radius 1 is 0.800 bits per heavy atom. The summed E-state index contributed by atoms with van der Waals surface area (Å²) in [6.45, 7) is 13.1. The molecule has 2 unspecified atom stereocenters. The minimum Gasteiger partial charge on any atom is -0.338 e. The molecule has 0 saturated carbocycles. The molecule has 3 aromatic heterocycles. The molecule has 2 atom stereocenters. The Bertz CT molecular complexity index is 1000. The van der Waals surface area contributed by atoms with Crippen LogP contribution >= 0.6 is 0 Å². The van der Waals surface area contributed by atoms with Gasteiger partial charge >= 0.3 is 0 Å². The topological polar surface area (TPSA) is 53.5 Å². The van der Waals surface area contributed by atoms with Gasteiger partial charge in [0.2, 0.25) is 0 Å². The summed E-state index contributed by atoms with van der Waals surface area (Å²) >= 11 is 0. The van der Waals surface area contributed by atoms with Crippen LogP contribution < -0.4 is 0 Å². The molecular weight excluding hydrogens is 372 g/mol. The highest BCUT2D eigenvalue weighted by atomic mass is 15.1. The van der Waals surface area contributed by atoms with Crippen molar-refractivity contribution >= 4 is 0 Å². The lowest BCUT2D eigenvalue weighted by Gasteiger charge is -2.11. The lowest BCUT2D eigenvalue weighted by molar-refractivity contribution is 0.601. The highest BCUT2D eigenvalue weighted by molar-refractivity contribution is 5.21. The molecule has 0 amide bonds. The molecule has 0 N–H and O–H groups in total. The number of rotatable bonds is 8. The highest BCUT2D eigenvalue weighted by Crippen LogP contribution is 2.26. The smallest absolute Gasteiger partial charge is 0.111 e. The molecule has 164 valence electrons. The van der Waals surface area contributed by atoms with Gasteiger partial charge in [-0.25, -0.2) is 15.0 Å². The summed E-state index contributed by atoms with van der Waals surface area (Å²) in [6, 6.07) is 0. The standard InChI is InChI=1S/C24H38N6/c1-15(2)22-26-20(14-29(22)8)11-10-16(3)24-27-21(19(6)30(24)9)12-17(4)23-25-18(5)13-28(23)7/h13-17H,10-12H2,1-9H3. The maximum Gasteiger partial charge on any atom is 0.111 e. The van der Waals surface area contributed by atoms with Crippen LogP contribution in [0.15, 0.2) is 12.4 Å². The molecule has 0 fully saturated rings. The Kier molecular flexibility index (Phi) is 6.53. The van der Waals surface area contributed by atoms with Crippen LogP contribution in [0, 0.1) is 13.8 Å². The number of hydrogen-bond donors (Lipinski definition) is 0. The quantitative estimate of drug-likeness (QED) is 0.540. The van der Waals surface area contributed by atoms with Crippen molar-refractivity contribution in [1.82, 2.24) is 28.7 Å². The van der Waals surface area contributed by atoms with Gasteiger partial charge in [-0.15, -0.1) is 0 Å². The number of nitrogens with zero attached hydrogens (tertiary/aromatic N) is 6. The molecule has 0 spiro atoms. The monoisotopic (exact) mass is 410 g/mol. The van der Waals surface area contributed by atoms with Gasteiger partial charge in [-0.2, -0.15) is 0 Å². The number of aromatic nitrogens is 6. The van der Waals surface area contributed by atoms with E-state index in [0.717, 1.165) is 36.6 Å². The Morgan fingerprint density at radius 3 is 2.03 bits per heavy atom. The highest BCUT2D eigenvalue weighted by Gasteiger charge is 2.21. The van der Waals surface area contributed by atoms with E-state index in [1.807, 2.05) is 6.92 Å². The molecule has 0 aromatic carbocycles. The maximum atomic E-state index is 5.07. The fraction of sp³-hybridized carbons (Fsp3) is 0.625. The normalized spacial score (nSPS) is 13.9. The first kappa shape index (κ1) is 22.3. The molecule has 3 aromatic rings. The largest absolute Gasteiger partial charge is 0.338 e. The minimum atomic E-state index is 0.337. The molecule has 0 aliphatic rings. The first-order valence-corrected chi connectivity index (χ1v) is 11.1. The van der Waals surface area contributed by atoms with Crippen LogP contribution in [0.4, 0.5) is 0 Å². The Hall–Kier alpha value is -2.37. The van der Waals surface area contributed by atoms with Gasteiger partial charge in [0.1, 0.15) is 17.5 Å². The Labute approximate surface area is 181 Å². The van der Waals surface area contributed by atoms with Crippen molar-refractivity contribution in [2.45, 2.75) is 78.6 Å². The van der Waals surface area contributed by atoms with E-state index in [4.69, 9.17) is 15.0 Å². The maximum absolute atomic E-state index is 5.07. The van der Waals surface area contributed by atoms with Crippen LogP contribution in [0.2, 0.25) is 0 Å². The Morgan fingerprint density at radius 2 is 1.47 bits per heavy atom. The van der Waals surface area contributed by atoms with Crippen molar-refractivity contribution in [2.24, 2.45) is 21.1 Å². The average Bonchev–Trinajstić information content (AvgIpc) is 3.30. The zero-order valence-corrected chi connectivity index (χ0v) is 20.2. The van der Waals surface area contributed by atoms with Gasteiger partial charge in [0.15, 0.2) is 0 Å². The summed E-state index contributed by atoms with van der Waals surface area (Å²) in [4.78, 5) is 14.6. The molecule has 0 bridgehead atoms. The van der Waals surface area contributed by atoms with Crippen molar-refractivity contribution in [3.05, 3.63) is 52.6 Å². The van der Waals surface area contributed by atoms with Gasteiger partial charge in [-0.05, 0) is 26.7 Å². The van der Waals surface area contributed by atoms with Crippen molar-refractivity contribution in [1.29, 1.82) is 0 Å². The van der Waals surface area contributed by atoms with E-state index in [9.17, 15) is 0 Å².